The SMILES string of the molecule is CC(C)[C@H](N)[C@H](Oc1ccc2c(cnn2-c2ccc(=O)n(C)c2)c1)c1ccc(Cl)cc1. The molecule has 0 amide bonds. The van der Waals surface area contributed by atoms with Gasteiger partial charge in [-0.2, -0.15) is 5.10 Å². The predicted molar refractivity (Wildman–Crippen MR) is 124 cm³/mol. The molecule has 0 aliphatic rings. The zero-order chi connectivity index (χ0) is 22.1. The summed E-state index contributed by atoms with van der Waals surface area (Å²) in [6.07, 6.45) is 3.23. The third-order valence-corrected chi connectivity index (χ3v) is 5.69. The Morgan fingerprint density at radius 3 is 2.48 bits per heavy atom. The van der Waals surface area contributed by atoms with Crippen molar-refractivity contribution in [3.05, 3.63) is 87.9 Å². The van der Waals surface area contributed by atoms with Crippen molar-refractivity contribution < 1.29 is 4.74 Å². The number of ether oxygens (including phenoxy) is 1. The average molecular weight is 437 g/mol. The Bertz CT molecular complexity index is 1260. The monoisotopic (exact) mass is 436 g/mol. The lowest BCUT2D eigenvalue weighted by Gasteiger charge is -2.28. The van der Waals surface area contributed by atoms with E-state index in [1.54, 1.807) is 30.2 Å². The molecule has 0 aliphatic carbocycles. The number of halogens is 1. The van der Waals surface area contributed by atoms with Crippen LogP contribution in [0, 0.1) is 5.92 Å². The van der Waals surface area contributed by atoms with Gasteiger partial charge in [-0.25, -0.2) is 4.68 Å². The third-order valence-electron chi connectivity index (χ3n) is 5.44. The molecule has 6 nitrogen and oxygen atoms in total. The molecule has 2 N–H and O–H groups in total. The van der Waals surface area contributed by atoms with E-state index < -0.39 is 0 Å². The summed E-state index contributed by atoms with van der Waals surface area (Å²) in [5.41, 5.74) is 9.14. The van der Waals surface area contributed by atoms with Gasteiger partial charge in [-0.3, -0.25) is 4.79 Å². The maximum absolute atomic E-state index is 11.7. The summed E-state index contributed by atoms with van der Waals surface area (Å²) < 4.78 is 9.70. The van der Waals surface area contributed by atoms with Crippen LogP contribution in [-0.2, 0) is 7.05 Å². The van der Waals surface area contributed by atoms with Crippen molar-refractivity contribution >= 4 is 22.5 Å². The van der Waals surface area contributed by atoms with Crippen molar-refractivity contribution in [2.75, 3.05) is 0 Å². The van der Waals surface area contributed by atoms with Crippen LogP contribution >= 0.6 is 11.6 Å². The normalized spacial score (nSPS) is 13.5. The Hall–Kier alpha value is -3.09. The molecule has 2 aromatic heterocycles. The molecule has 0 saturated heterocycles. The first-order valence-corrected chi connectivity index (χ1v) is 10.5. The van der Waals surface area contributed by atoms with Crippen molar-refractivity contribution in [1.29, 1.82) is 0 Å². The fourth-order valence-corrected chi connectivity index (χ4v) is 3.64. The molecule has 0 radical (unpaired) electrons. The molecule has 4 aromatic rings. The molecule has 4 rings (SSSR count). The van der Waals surface area contributed by atoms with Crippen molar-refractivity contribution in [3.63, 3.8) is 0 Å². The number of aromatic nitrogens is 3. The second-order valence-corrected chi connectivity index (χ2v) is 8.46. The second-order valence-electron chi connectivity index (χ2n) is 8.02. The van der Waals surface area contributed by atoms with Gasteiger partial charge in [-0.1, -0.05) is 37.6 Å². The highest BCUT2D eigenvalue weighted by Crippen LogP contribution is 2.30. The van der Waals surface area contributed by atoms with E-state index in [9.17, 15) is 4.79 Å². The highest BCUT2D eigenvalue weighted by Gasteiger charge is 2.25. The van der Waals surface area contributed by atoms with E-state index in [1.807, 2.05) is 42.5 Å². The van der Waals surface area contributed by atoms with Crippen LogP contribution in [0.4, 0.5) is 0 Å². The van der Waals surface area contributed by atoms with Crippen LogP contribution in [0.2, 0.25) is 5.02 Å². The van der Waals surface area contributed by atoms with Crippen molar-refractivity contribution in [2.24, 2.45) is 18.7 Å². The van der Waals surface area contributed by atoms with Gasteiger partial charge in [0.2, 0.25) is 5.56 Å². The van der Waals surface area contributed by atoms with Crippen molar-refractivity contribution in [2.45, 2.75) is 26.0 Å². The first-order valence-electron chi connectivity index (χ1n) is 10.2. The van der Waals surface area contributed by atoms with E-state index in [0.29, 0.717) is 10.8 Å². The maximum Gasteiger partial charge on any atom is 0.250 e. The minimum Gasteiger partial charge on any atom is -0.484 e. The number of pyridine rings is 1. The molecule has 0 aliphatic heterocycles. The molecule has 0 spiro atoms. The van der Waals surface area contributed by atoms with E-state index in [4.69, 9.17) is 22.1 Å². The Morgan fingerprint density at radius 1 is 1.06 bits per heavy atom. The molecule has 7 heteroatoms. The lowest BCUT2D eigenvalue weighted by molar-refractivity contribution is 0.151. The fourth-order valence-electron chi connectivity index (χ4n) is 3.51. The first kappa shape index (κ1) is 21.2. The van der Waals surface area contributed by atoms with Crippen LogP contribution < -0.4 is 16.0 Å². The molecule has 2 heterocycles. The lowest BCUT2D eigenvalue weighted by Crippen LogP contribution is -2.36. The minimum atomic E-state index is -0.312. The minimum absolute atomic E-state index is 0.0642. The van der Waals surface area contributed by atoms with Gasteiger partial charge in [0.25, 0.3) is 0 Å². The van der Waals surface area contributed by atoms with Gasteiger partial charge in [-0.15, -0.1) is 0 Å². The molecular formula is C24H25ClN4O2. The Balaban J connectivity index is 1.67. The van der Waals surface area contributed by atoms with Gasteiger partial charge in [0.15, 0.2) is 0 Å². The molecule has 160 valence electrons. The van der Waals surface area contributed by atoms with Crippen LogP contribution in [-0.4, -0.2) is 20.4 Å². The van der Waals surface area contributed by atoms with Gasteiger partial charge >= 0.3 is 0 Å². The molecule has 0 unspecified atom stereocenters. The van der Waals surface area contributed by atoms with Gasteiger partial charge in [0, 0.05) is 35.8 Å². The highest BCUT2D eigenvalue weighted by molar-refractivity contribution is 6.30. The molecule has 0 saturated carbocycles. The van der Waals surface area contributed by atoms with E-state index in [2.05, 4.69) is 18.9 Å². The zero-order valence-corrected chi connectivity index (χ0v) is 18.5. The summed E-state index contributed by atoms with van der Waals surface area (Å²) >= 11 is 6.06. The second kappa shape index (κ2) is 8.57. The number of nitrogens with zero attached hydrogens (tertiary/aromatic N) is 3. The Morgan fingerprint density at radius 2 is 1.81 bits per heavy atom. The van der Waals surface area contributed by atoms with Crippen LogP contribution in [0.25, 0.3) is 16.6 Å². The zero-order valence-electron chi connectivity index (χ0n) is 17.7. The van der Waals surface area contributed by atoms with Gasteiger partial charge < -0.3 is 15.0 Å². The highest BCUT2D eigenvalue weighted by atomic mass is 35.5. The third kappa shape index (κ3) is 4.36. The Labute approximate surface area is 185 Å². The number of benzene rings is 2. The van der Waals surface area contributed by atoms with Crippen molar-refractivity contribution in [3.8, 4) is 11.4 Å². The van der Waals surface area contributed by atoms with Crippen LogP contribution in [0.5, 0.6) is 5.75 Å². The predicted octanol–water partition coefficient (Wildman–Crippen LogP) is 4.48. The van der Waals surface area contributed by atoms with E-state index in [-0.39, 0.29) is 23.6 Å². The van der Waals surface area contributed by atoms with E-state index in [0.717, 1.165) is 22.2 Å². The van der Waals surface area contributed by atoms with Gasteiger partial charge in [0.1, 0.15) is 11.9 Å². The summed E-state index contributed by atoms with van der Waals surface area (Å²) in [7, 11) is 1.72. The topological polar surface area (TPSA) is 75.1 Å². The summed E-state index contributed by atoms with van der Waals surface area (Å²) in [5.74, 6) is 0.945. The summed E-state index contributed by atoms with van der Waals surface area (Å²) in [6.45, 7) is 4.16. The van der Waals surface area contributed by atoms with Crippen LogP contribution in [0.15, 0.2) is 71.8 Å². The standard InChI is InChI=1S/C24H25ClN4O2/c1-15(2)23(26)24(16-4-6-18(25)7-5-16)31-20-9-10-21-17(12-20)13-27-29(21)19-8-11-22(30)28(3)14-19/h4-15,23-24H,26H2,1-3H3/t23-,24+/m0/s1. The van der Waals surface area contributed by atoms with E-state index in [1.165, 1.54) is 10.6 Å². The number of fused-ring (bicyclic) bond motifs is 1. The average Bonchev–Trinajstić information content (AvgIpc) is 3.17. The molecule has 2 atom stereocenters. The van der Waals surface area contributed by atoms with Crippen molar-refractivity contribution in [1.82, 2.24) is 14.3 Å². The smallest absolute Gasteiger partial charge is 0.250 e. The molecule has 0 fully saturated rings. The first-order chi connectivity index (χ1) is 14.8. The largest absolute Gasteiger partial charge is 0.484 e. The number of aryl methyl sites for hydroxylation is 1. The van der Waals surface area contributed by atoms with E-state index >= 15 is 0 Å². The molecule has 2 aromatic carbocycles. The van der Waals surface area contributed by atoms with Gasteiger partial charge in [0.05, 0.1) is 17.4 Å². The number of nitrogens with two attached hydrogens (primary N) is 1. The van der Waals surface area contributed by atoms with Gasteiger partial charge in [-0.05, 0) is 47.9 Å². The summed E-state index contributed by atoms with van der Waals surface area (Å²) in [4.78, 5) is 11.7. The Kier molecular flexibility index (Phi) is 5.85. The fraction of sp³-hybridized carbons (Fsp3) is 0.250. The molecule has 31 heavy (non-hydrogen) atoms. The lowest BCUT2D eigenvalue weighted by atomic mass is 9.94. The van der Waals surface area contributed by atoms with Crippen LogP contribution in [0.1, 0.15) is 25.5 Å². The summed E-state index contributed by atoms with van der Waals surface area (Å²) in [5, 5.41) is 6.10. The number of hydrogen-bond acceptors (Lipinski definition) is 4. The summed E-state index contributed by atoms with van der Waals surface area (Å²) in [6, 6.07) is 16.5. The molecule has 0 bridgehead atoms. The number of rotatable bonds is 6. The molecular weight excluding hydrogens is 412 g/mol. The maximum atomic E-state index is 11.7. The number of hydrogen-bond donors (Lipinski definition) is 1. The quantitative estimate of drug-likeness (QED) is 0.483. The van der Waals surface area contributed by atoms with Crippen LogP contribution in [0.3, 0.4) is 0 Å².